The Labute approximate surface area is 211 Å². The minimum Gasteiger partial charge on any atom is -0.832 e. The zero-order valence-electron chi connectivity index (χ0n) is 18.0. The van der Waals surface area contributed by atoms with Crippen LogP contribution in [0.4, 0.5) is 11.6 Å². The molecule has 35 heavy (non-hydrogen) atoms. The van der Waals surface area contributed by atoms with Gasteiger partial charge >= 0.3 is 17.1 Å². The summed E-state index contributed by atoms with van der Waals surface area (Å²) >= 11 is 0. The fourth-order valence-corrected chi connectivity index (χ4v) is 2.37. The molecule has 4 rings (SSSR count). The van der Waals surface area contributed by atoms with Crippen molar-refractivity contribution >= 4 is 11.6 Å². The summed E-state index contributed by atoms with van der Waals surface area (Å²) in [5, 5.41) is 43.6. The van der Waals surface area contributed by atoms with Crippen molar-refractivity contribution in [1.29, 1.82) is 0 Å². The van der Waals surface area contributed by atoms with Gasteiger partial charge in [0.25, 0.3) is 0 Å². The van der Waals surface area contributed by atoms with Gasteiger partial charge in [-0.15, -0.1) is 0 Å². The topological polar surface area (TPSA) is 188 Å². The molecule has 12 nitrogen and oxygen atoms in total. The van der Waals surface area contributed by atoms with Crippen LogP contribution in [0.2, 0.25) is 0 Å². The van der Waals surface area contributed by atoms with E-state index in [0.29, 0.717) is 23.0 Å². The normalized spacial score (nSPS) is 11.0. The van der Waals surface area contributed by atoms with E-state index in [-0.39, 0.29) is 17.1 Å². The first-order chi connectivity index (χ1) is 16.5. The third-order valence-corrected chi connectivity index (χ3v) is 3.80. The Bertz CT molecular complexity index is 997. The molecule has 0 spiro atoms. The summed E-state index contributed by atoms with van der Waals surface area (Å²) in [4.78, 5) is 24.2. The number of aromatic nitrogens is 4. The number of anilines is 2. The molecule has 0 saturated heterocycles. The Morgan fingerprint density at radius 3 is 1.17 bits per heavy atom. The van der Waals surface area contributed by atoms with Crippen LogP contribution in [0, 0.1) is 15.3 Å². The minimum atomic E-state index is -1.75. The fourth-order valence-electron chi connectivity index (χ4n) is 2.37. The van der Waals surface area contributed by atoms with Crippen LogP contribution in [-0.2, 0) is 17.1 Å². The van der Waals surface area contributed by atoms with E-state index >= 15 is 0 Å². The second-order valence-corrected chi connectivity index (χ2v) is 6.21. The van der Waals surface area contributed by atoms with Crippen molar-refractivity contribution in [1.82, 2.24) is 19.9 Å². The summed E-state index contributed by atoms with van der Waals surface area (Å²) in [6.45, 7) is 0. The second-order valence-electron chi connectivity index (χ2n) is 6.21. The van der Waals surface area contributed by atoms with E-state index in [1.165, 1.54) is 0 Å². The van der Waals surface area contributed by atoms with Crippen molar-refractivity contribution in [2.24, 2.45) is 0 Å². The molecule has 0 aliphatic carbocycles. The van der Waals surface area contributed by atoms with Gasteiger partial charge in [0.05, 0.1) is 5.09 Å². The van der Waals surface area contributed by atoms with Gasteiger partial charge in [-0.3, -0.25) is 9.97 Å². The van der Waals surface area contributed by atoms with Crippen LogP contribution in [0.25, 0.3) is 0 Å². The van der Waals surface area contributed by atoms with Crippen molar-refractivity contribution in [3.8, 4) is 0 Å². The molecule has 0 radical (unpaired) electrons. The maximum Gasteiger partial charge on any atom is 3.00 e. The Hall–Kier alpha value is -4.16. The second kappa shape index (κ2) is 16.5. The molecule has 4 aromatic rings. The Morgan fingerprint density at radius 2 is 0.914 bits per heavy atom. The Morgan fingerprint density at radius 1 is 0.600 bits per heavy atom. The van der Waals surface area contributed by atoms with Gasteiger partial charge in [0.2, 0.25) is 0 Å². The molecule has 13 heteroatoms. The largest absolute Gasteiger partial charge is 3.00 e. The predicted octanol–water partition coefficient (Wildman–Crippen LogP) is 1.65. The van der Waals surface area contributed by atoms with Gasteiger partial charge in [0, 0.05) is 36.2 Å². The van der Waals surface area contributed by atoms with Crippen LogP contribution in [0.5, 0.6) is 0 Å². The van der Waals surface area contributed by atoms with Crippen LogP contribution in [0.3, 0.4) is 0 Å². The van der Waals surface area contributed by atoms with Gasteiger partial charge in [-0.1, -0.05) is 24.3 Å². The number of nitrogens with zero attached hydrogens (tertiary/aromatic N) is 5. The van der Waals surface area contributed by atoms with Crippen molar-refractivity contribution in [3.63, 3.8) is 0 Å². The Balaban J connectivity index is 0.000000297. The van der Waals surface area contributed by atoms with E-state index in [2.05, 4.69) is 30.6 Å². The SMILES string of the molecule is O=[N+]([O-])[O-].[Mn+3].[O-][C@@H](Nc1ccccn1)c1ccccn1.[O-][C@@H](Nc1ccccn1)c1ccccn1. The smallest absolute Gasteiger partial charge is 0.832 e. The van der Waals surface area contributed by atoms with Crippen molar-refractivity contribution in [3.05, 3.63) is 124 Å². The van der Waals surface area contributed by atoms with Gasteiger partial charge < -0.3 is 36.2 Å². The molecule has 0 aliphatic heterocycles. The summed E-state index contributed by atoms with van der Waals surface area (Å²) in [6.07, 6.45) is 4.30. The summed E-state index contributed by atoms with van der Waals surface area (Å²) in [6, 6.07) is 21.2. The fraction of sp³-hybridized carbons (Fsp3) is 0.0909. The summed E-state index contributed by atoms with van der Waals surface area (Å²) in [7, 11) is 0. The predicted molar refractivity (Wildman–Crippen MR) is 120 cm³/mol. The first-order valence-electron chi connectivity index (χ1n) is 9.76. The van der Waals surface area contributed by atoms with Crippen LogP contribution in [-0.4, -0.2) is 25.0 Å². The number of pyridine rings is 4. The average molecular weight is 517 g/mol. The standard InChI is InChI=1S/2C11H10N3O.Mn.NO3/c2*15-11(9-5-1-3-7-12-9)14-10-6-2-4-8-13-10;;2-1(3)4/h2*1-8,11H,(H,13,14);;/q2*-1;+3;-1/t2*11-;;/m11../s1. The molecule has 180 valence electrons. The maximum atomic E-state index is 11.7. The number of rotatable bonds is 6. The van der Waals surface area contributed by atoms with E-state index < -0.39 is 17.5 Å². The van der Waals surface area contributed by atoms with Gasteiger partial charge in [0.1, 0.15) is 11.6 Å². The summed E-state index contributed by atoms with van der Waals surface area (Å²) < 4.78 is 0. The monoisotopic (exact) mass is 517 g/mol. The van der Waals surface area contributed by atoms with E-state index in [4.69, 9.17) is 15.3 Å². The van der Waals surface area contributed by atoms with E-state index in [1.54, 1.807) is 85.5 Å². The maximum absolute atomic E-state index is 11.7. The first-order valence-corrected chi connectivity index (χ1v) is 9.76. The zero-order chi connectivity index (χ0) is 24.6. The Kier molecular flexibility index (Phi) is 13.6. The van der Waals surface area contributed by atoms with E-state index in [1.807, 2.05) is 12.1 Å². The third kappa shape index (κ3) is 12.0. The molecule has 0 fully saturated rings. The molecule has 0 unspecified atom stereocenters. The van der Waals surface area contributed by atoms with Crippen molar-refractivity contribution in [2.75, 3.05) is 10.6 Å². The molecule has 4 aromatic heterocycles. The molecule has 4 heterocycles. The number of nitrogens with one attached hydrogen (secondary N) is 2. The van der Waals surface area contributed by atoms with Crippen LogP contribution < -0.4 is 20.8 Å². The first kappa shape index (κ1) is 28.9. The molecular weight excluding hydrogens is 497 g/mol. The van der Waals surface area contributed by atoms with Gasteiger partial charge in [-0.05, 0) is 61.0 Å². The summed E-state index contributed by atoms with van der Waals surface area (Å²) in [5.74, 6) is 1.12. The molecule has 0 aliphatic rings. The zero-order valence-corrected chi connectivity index (χ0v) is 19.2. The molecule has 2 atom stereocenters. The van der Waals surface area contributed by atoms with Crippen molar-refractivity contribution < 1.29 is 32.4 Å². The van der Waals surface area contributed by atoms with Gasteiger partial charge in [-0.25, -0.2) is 9.97 Å². The number of hydrogen-bond donors (Lipinski definition) is 2. The van der Waals surface area contributed by atoms with Crippen LogP contribution >= 0.6 is 0 Å². The van der Waals surface area contributed by atoms with Crippen molar-refractivity contribution in [2.45, 2.75) is 12.5 Å². The molecule has 0 amide bonds. The van der Waals surface area contributed by atoms with Crippen LogP contribution in [0.15, 0.2) is 97.6 Å². The minimum absolute atomic E-state index is 0. The summed E-state index contributed by atoms with van der Waals surface area (Å²) in [5.41, 5.74) is 0.923. The molecule has 0 aromatic carbocycles. The number of hydrogen-bond acceptors (Lipinski definition) is 11. The quantitative estimate of drug-likeness (QED) is 0.164. The third-order valence-electron chi connectivity index (χ3n) is 3.80. The molecule has 0 saturated carbocycles. The van der Waals surface area contributed by atoms with E-state index in [9.17, 15) is 10.2 Å². The molecular formula is C22H20MnN7O5. The molecule has 2 N–H and O–H groups in total. The average Bonchev–Trinajstić information content (AvgIpc) is 2.86. The van der Waals surface area contributed by atoms with Gasteiger partial charge in [0.15, 0.2) is 0 Å². The van der Waals surface area contributed by atoms with Crippen LogP contribution in [0.1, 0.15) is 23.8 Å². The molecule has 0 bridgehead atoms. The van der Waals surface area contributed by atoms with E-state index in [0.717, 1.165) is 0 Å². The van der Waals surface area contributed by atoms with Gasteiger partial charge in [-0.2, -0.15) is 0 Å².